The van der Waals surface area contributed by atoms with E-state index in [1.807, 2.05) is 0 Å². The minimum Gasteiger partial charge on any atom is -0.448 e. The summed E-state index contributed by atoms with van der Waals surface area (Å²) in [5.74, 6) is -0.0313. The van der Waals surface area contributed by atoms with Gasteiger partial charge in [-0.05, 0) is 65.2 Å². The van der Waals surface area contributed by atoms with Crippen molar-refractivity contribution in [2.75, 3.05) is 6.54 Å². The summed E-state index contributed by atoms with van der Waals surface area (Å²) in [7, 11) is -3.79. The number of rotatable bonds is 5. The molecule has 7 nitrogen and oxygen atoms in total. The lowest BCUT2D eigenvalue weighted by Crippen LogP contribution is -2.44. The van der Waals surface area contributed by atoms with Gasteiger partial charge in [0.05, 0.1) is 11.1 Å². The fourth-order valence-corrected chi connectivity index (χ4v) is 4.77. The molecule has 1 unspecified atom stereocenters. The summed E-state index contributed by atoms with van der Waals surface area (Å²) >= 11 is 8.98. The van der Waals surface area contributed by atoms with Gasteiger partial charge in [-0.3, -0.25) is 4.79 Å². The molecular formula is C16H15BrClN3O4S. The van der Waals surface area contributed by atoms with Gasteiger partial charge in [0, 0.05) is 11.6 Å². The van der Waals surface area contributed by atoms with Crippen LogP contribution >= 0.6 is 27.5 Å². The average molecular weight is 461 g/mol. The predicted molar refractivity (Wildman–Crippen MR) is 101 cm³/mol. The van der Waals surface area contributed by atoms with Crippen molar-refractivity contribution in [1.29, 1.82) is 0 Å². The minimum absolute atomic E-state index is 0.102. The fraction of sp³-hybridized carbons (Fsp3) is 0.250. The lowest BCUT2D eigenvalue weighted by atomic mass is 10.2. The topological polar surface area (TPSA) is 92.0 Å². The van der Waals surface area contributed by atoms with Crippen LogP contribution in [-0.4, -0.2) is 37.4 Å². The molecule has 1 aliphatic heterocycles. The summed E-state index contributed by atoms with van der Waals surface area (Å²) in [6.45, 7) is 0.276. The van der Waals surface area contributed by atoms with Gasteiger partial charge in [0.1, 0.15) is 11.8 Å². The summed E-state index contributed by atoms with van der Waals surface area (Å²) in [4.78, 5) is 12.5. The van der Waals surface area contributed by atoms with Crippen molar-refractivity contribution in [2.24, 2.45) is 5.10 Å². The van der Waals surface area contributed by atoms with Crippen molar-refractivity contribution in [3.05, 3.63) is 51.9 Å². The molecular weight excluding hydrogens is 446 g/mol. The minimum atomic E-state index is -3.79. The van der Waals surface area contributed by atoms with Gasteiger partial charge in [-0.15, -0.1) is 0 Å². The Labute approximate surface area is 164 Å². The third-order valence-corrected chi connectivity index (χ3v) is 6.49. The van der Waals surface area contributed by atoms with E-state index in [1.54, 1.807) is 12.1 Å². The number of nitrogens with one attached hydrogen (secondary N) is 1. The first-order valence-electron chi connectivity index (χ1n) is 7.73. The number of hydrazone groups is 1. The third kappa shape index (κ3) is 4.17. The average Bonchev–Trinajstić information content (AvgIpc) is 3.24. The normalized spacial score (nSPS) is 18.5. The number of hydrogen-bond donors (Lipinski definition) is 1. The smallest absolute Gasteiger partial charge is 0.258 e. The van der Waals surface area contributed by atoms with Crippen LogP contribution in [0.2, 0.25) is 5.02 Å². The van der Waals surface area contributed by atoms with Gasteiger partial charge in [-0.2, -0.15) is 9.41 Å². The van der Waals surface area contributed by atoms with Crippen LogP contribution in [0.4, 0.5) is 0 Å². The molecule has 1 N–H and O–H groups in total. The number of furan rings is 1. The Bertz CT molecular complexity index is 927. The Morgan fingerprint density at radius 3 is 2.69 bits per heavy atom. The largest absolute Gasteiger partial charge is 0.448 e. The van der Waals surface area contributed by atoms with E-state index in [9.17, 15) is 13.2 Å². The number of carbonyl (C=O) groups is 1. The van der Waals surface area contributed by atoms with Crippen LogP contribution < -0.4 is 5.43 Å². The number of hydrogen-bond acceptors (Lipinski definition) is 5. The van der Waals surface area contributed by atoms with E-state index in [-0.39, 0.29) is 11.4 Å². The molecule has 0 saturated carbocycles. The number of carbonyl (C=O) groups excluding carboxylic acids is 1. The van der Waals surface area contributed by atoms with Gasteiger partial charge < -0.3 is 4.42 Å². The number of benzene rings is 1. The first-order valence-corrected chi connectivity index (χ1v) is 10.3. The monoisotopic (exact) mass is 459 g/mol. The molecule has 1 amide bonds. The van der Waals surface area contributed by atoms with E-state index in [4.69, 9.17) is 16.0 Å². The standard InChI is InChI=1S/C16H15BrClN3O4S/c17-15-8-5-12(25-15)10-19-20-16(22)14-2-1-9-21(14)26(23,24)13-6-3-11(18)4-7-13/h3-8,10,14H,1-2,9H2,(H,20,22). The maximum atomic E-state index is 12.8. The highest BCUT2D eigenvalue weighted by Gasteiger charge is 2.39. The van der Waals surface area contributed by atoms with E-state index in [0.717, 1.165) is 0 Å². The quantitative estimate of drug-likeness (QED) is 0.548. The van der Waals surface area contributed by atoms with E-state index < -0.39 is 22.0 Å². The van der Waals surface area contributed by atoms with Crippen molar-refractivity contribution >= 4 is 49.7 Å². The highest BCUT2D eigenvalue weighted by atomic mass is 79.9. The molecule has 1 aromatic heterocycles. The molecule has 3 rings (SSSR count). The molecule has 138 valence electrons. The van der Waals surface area contributed by atoms with Crippen LogP contribution in [0.3, 0.4) is 0 Å². The number of amides is 1. The lowest BCUT2D eigenvalue weighted by Gasteiger charge is -2.22. The third-order valence-electron chi connectivity index (χ3n) is 3.89. The highest BCUT2D eigenvalue weighted by molar-refractivity contribution is 9.10. The van der Waals surface area contributed by atoms with Crippen LogP contribution in [0.5, 0.6) is 0 Å². The van der Waals surface area contributed by atoms with Gasteiger partial charge in [0.25, 0.3) is 5.91 Å². The summed E-state index contributed by atoms with van der Waals surface area (Å²) in [5.41, 5.74) is 2.37. The first-order chi connectivity index (χ1) is 12.4. The molecule has 2 heterocycles. The maximum absolute atomic E-state index is 12.8. The SMILES string of the molecule is O=C(NN=Cc1ccc(Br)o1)C1CCCN1S(=O)(=O)c1ccc(Cl)cc1. The summed E-state index contributed by atoms with van der Waals surface area (Å²) < 4.78 is 32.6. The van der Waals surface area contributed by atoms with Gasteiger partial charge in [-0.25, -0.2) is 13.8 Å². The molecule has 0 aliphatic carbocycles. The Morgan fingerprint density at radius 1 is 1.31 bits per heavy atom. The van der Waals surface area contributed by atoms with Crippen LogP contribution in [0, 0.1) is 0 Å². The lowest BCUT2D eigenvalue weighted by molar-refractivity contribution is -0.124. The first kappa shape index (κ1) is 19.1. The molecule has 10 heteroatoms. The summed E-state index contributed by atoms with van der Waals surface area (Å²) in [6.07, 6.45) is 2.37. The molecule has 0 radical (unpaired) electrons. The van der Waals surface area contributed by atoms with E-state index in [2.05, 4.69) is 26.5 Å². The maximum Gasteiger partial charge on any atom is 0.258 e. The number of nitrogens with zero attached hydrogens (tertiary/aromatic N) is 2. The second kappa shape index (κ2) is 7.91. The second-order valence-electron chi connectivity index (χ2n) is 5.60. The van der Waals surface area contributed by atoms with E-state index in [0.29, 0.717) is 28.3 Å². The molecule has 1 aliphatic rings. The van der Waals surface area contributed by atoms with Crippen molar-refractivity contribution in [1.82, 2.24) is 9.73 Å². The number of sulfonamides is 1. The van der Waals surface area contributed by atoms with E-state index in [1.165, 1.54) is 34.8 Å². The van der Waals surface area contributed by atoms with Crippen LogP contribution in [0.1, 0.15) is 18.6 Å². The molecule has 26 heavy (non-hydrogen) atoms. The van der Waals surface area contributed by atoms with Gasteiger partial charge in [-0.1, -0.05) is 11.6 Å². The van der Waals surface area contributed by atoms with Crippen molar-refractivity contribution < 1.29 is 17.6 Å². The Kier molecular flexibility index (Phi) is 5.81. The second-order valence-corrected chi connectivity index (χ2v) is 8.71. The highest BCUT2D eigenvalue weighted by Crippen LogP contribution is 2.27. The zero-order valence-electron chi connectivity index (χ0n) is 13.4. The van der Waals surface area contributed by atoms with E-state index >= 15 is 0 Å². The zero-order valence-corrected chi connectivity index (χ0v) is 16.6. The van der Waals surface area contributed by atoms with Gasteiger partial charge >= 0.3 is 0 Å². The van der Waals surface area contributed by atoms with Crippen LogP contribution in [-0.2, 0) is 14.8 Å². The Morgan fingerprint density at radius 2 is 2.04 bits per heavy atom. The Balaban J connectivity index is 1.71. The van der Waals surface area contributed by atoms with Crippen molar-refractivity contribution in [3.8, 4) is 0 Å². The van der Waals surface area contributed by atoms with Crippen LogP contribution in [0.15, 0.2) is 55.5 Å². The molecule has 1 aromatic carbocycles. The molecule has 2 aromatic rings. The summed E-state index contributed by atoms with van der Waals surface area (Å²) in [5, 5.41) is 4.27. The van der Waals surface area contributed by atoms with Crippen molar-refractivity contribution in [3.63, 3.8) is 0 Å². The fourth-order valence-electron chi connectivity index (χ4n) is 2.66. The van der Waals surface area contributed by atoms with Crippen LogP contribution in [0.25, 0.3) is 0 Å². The molecule has 1 saturated heterocycles. The van der Waals surface area contributed by atoms with Gasteiger partial charge in [0.15, 0.2) is 4.67 Å². The molecule has 1 atom stereocenters. The Hall–Kier alpha value is -1.68. The molecule has 1 fully saturated rings. The summed E-state index contributed by atoms with van der Waals surface area (Å²) in [6, 6.07) is 8.43. The number of halogens is 2. The zero-order chi connectivity index (χ0) is 18.7. The molecule has 0 spiro atoms. The predicted octanol–water partition coefficient (Wildman–Crippen LogP) is 3.00. The van der Waals surface area contributed by atoms with Crippen molar-refractivity contribution in [2.45, 2.75) is 23.8 Å². The molecule has 0 bridgehead atoms. The van der Waals surface area contributed by atoms with Gasteiger partial charge in [0.2, 0.25) is 10.0 Å².